The average Bonchev–Trinajstić information content (AvgIpc) is 3.25. The average molecular weight is 429 g/mol. The van der Waals surface area contributed by atoms with Gasteiger partial charge in [0, 0.05) is 25.0 Å². The molecule has 7 nitrogen and oxygen atoms in total. The van der Waals surface area contributed by atoms with Gasteiger partial charge in [0.25, 0.3) is 5.91 Å². The Hall–Kier alpha value is -4.00. The minimum Gasteiger partial charge on any atom is -0.487 e. The minimum absolute atomic E-state index is 0.0839. The number of benzene rings is 2. The zero-order valence-electron chi connectivity index (χ0n) is 17.7. The van der Waals surface area contributed by atoms with Crippen molar-refractivity contribution in [3.8, 4) is 17.2 Å². The first-order valence-corrected chi connectivity index (χ1v) is 10.4. The number of likely N-dealkylation sites (N-methyl/N-ethyl adjacent to an activating group) is 1. The molecule has 0 fully saturated rings. The number of para-hydroxylation sites is 2. The molecule has 0 unspecified atom stereocenters. The first-order chi connectivity index (χ1) is 15.7. The highest BCUT2D eigenvalue weighted by Crippen LogP contribution is 2.31. The molecule has 0 aliphatic carbocycles. The van der Waals surface area contributed by atoms with Crippen LogP contribution in [0.3, 0.4) is 0 Å². The molecule has 0 saturated heterocycles. The molecule has 1 aliphatic heterocycles. The van der Waals surface area contributed by atoms with Crippen LogP contribution in [0.25, 0.3) is 5.65 Å². The van der Waals surface area contributed by atoms with Gasteiger partial charge < -0.3 is 23.5 Å². The summed E-state index contributed by atoms with van der Waals surface area (Å²) in [6.45, 7) is 1.19. The molecule has 32 heavy (non-hydrogen) atoms. The number of nitrogens with zero attached hydrogens (tertiary/aromatic N) is 3. The third-order valence-corrected chi connectivity index (χ3v) is 5.29. The van der Waals surface area contributed by atoms with Crippen LogP contribution in [0.2, 0.25) is 0 Å². The van der Waals surface area contributed by atoms with Gasteiger partial charge in [-0.25, -0.2) is 4.98 Å². The number of aromatic nitrogens is 2. The lowest BCUT2D eigenvalue weighted by Gasteiger charge is -2.29. The third kappa shape index (κ3) is 4.23. The van der Waals surface area contributed by atoms with Crippen LogP contribution in [0.5, 0.6) is 17.2 Å². The van der Waals surface area contributed by atoms with E-state index in [1.54, 1.807) is 36.2 Å². The van der Waals surface area contributed by atoms with Crippen molar-refractivity contribution in [2.75, 3.05) is 20.2 Å². The second-order valence-corrected chi connectivity index (χ2v) is 7.69. The lowest BCUT2D eigenvalue weighted by molar-refractivity contribution is 0.0521. The smallest absolute Gasteiger partial charge is 0.253 e. The van der Waals surface area contributed by atoms with Crippen LogP contribution in [0.4, 0.5) is 0 Å². The maximum absolute atomic E-state index is 12.8. The van der Waals surface area contributed by atoms with E-state index in [-0.39, 0.29) is 12.0 Å². The molecule has 4 aromatic rings. The fourth-order valence-electron chi connectivity index (χ4n) is 3.67. The van der Waals surface area contributed by atoms with Crippen LogP contribution in [0.15, 0.2) is 79.1 Å². The number of imidazole rings is 1. The largest absolute Gasteiger partial charge is 0.487 e. The molecule has 0 radical (unpaired) electrons. The molecule has 0 N–H and O–H groups in total. The Balaban J connectivity index is 1.16. The summed E-state index contributed by atoms with van der Waals surface area (Å²) in [5.74, 6) is 2.04. The standard InChI is InChI=1S/C25H23N3O4/c1-27(15-21-17-31-22-6-2-3-7-23(22)32-21)25(29)18-9-11-20(12-10-18)30-16-19-14-28-13-5-4-8-24(28)26-19/h2-14,21H,15-17H2,1H3/t21-/m1/s1. The van der Waals surface area contributed by atoms with E-state index in [2.05, 4.69) is 4.98 Å². The van der Waals surface area contributed by atoms with Crippen LogP contribution >= 0.6 is 0 Å². The molecule has 5 rings (SSSR count). The Labute approximate surface area is 185 Å². The zero-order chi connectivity index (χ0) is 21.9. The maximum Gasteiger partial charge on any atom is 0.253 e. The minimum atomic E-state index is -0.216. The molecule has 0 bridgehead atoms. The molecule has 162 valence electrons. The normalized spacial score (nSPS) is 14.8. The number of hydrogen-bond acceptors (Lipinski definition) is 5. The lowest BCUT2D eigenvalue weighted by Crippen LogP contribution is -2.41. The Morgan fingerprint density at radius 1 is 1.09 bits per heavy atom. The highest BCUT2D eigenvalue weighted by atomic mass is 16.6. The first-order valence-electron chi connectivity index (χ1n) is 10.4. The molecular weight excluding hydrogens is 406 g/mol. The summed E-state index contributed by atoms with van der Waals surface area (Å²) < 4.78 is 19.5. The number of rotatable bonds is 6. The number of amides is 1. The predicted molar refractivity (Wildman–Crippen MR) is 119 cm³/mol. The molecule has 3 heterocycles. The van der Waals surface area contributed by atoms with Gasteiger partial charge in [0.05, 0.1) is 12.2 Å². The quantitative estimate of drug-likeness (QED) is 0.466. The van der Waals surface area contributed by atoms with Gasteiger partial charge in [-0.2, -0.15) is 0 Å². The molecule has 2 aromatic carbocycles. The Bertz CT molecular complexity index is 1200. The summed E-state index contributed by atoms with van der Waals surface area (Å²) >= 11 is 0. The number of ether oxygens (including phenoxy) is 3. The molecule has 1 aliphatic rings. The molecule has 1 atom stereocenters. The molecule has 7 heteroatoms. The summed E-state index contributed by atoms with van der Waals surface area (Å²) in [6.07, 6.45) is 3.68. The van der Waals surface area contributed by atoms with Gasteiger partial charge in [-0.1, -0.05) is 18.2 Å². The molecule has 0 spiro atoms. The Morgan fingerprint density at radius 2 is 1.88 bits per heavy atom. The number of pyridine rings is 1. The van der Waals surface area contributed by atoms with E-state index in [0.717, 1.165) is 17.1 Å². The SMILES string of the molecule is CN(C[C@@H]1COc2ccccc2O1)C(=O)c1ccc(OCc2cn3ccccc3n2)cc1. The Kier molecular flexibility index (Phi) is 5.37. The third-order valence-electron chi connectivity index (χ3n) is 5.29. The second-order valence-electron chi connectivity index (χ2n) is 7.69. The van der Waals surface area contributed by atoms with Crippen LogP contribution in [0, 0.1) is 0 Å². The van der Waals surface area contributed by atoms with E-state index in [1.165, 1.54) is 0 Å². The van der Waals surface area contributed by atoms with E-state index in [4.69, 9.17) is 14.2 Å². The van der Waals surface area contributed by atoms with Gasteiger partial charge in [-0.05, 0) is 48.5 Å². The highest BCUT2D eigenvalue weighted by Gasteiger charge is 2.24. The maximum atomic E-state index is 12.8. The molecular formula is C25H23N3O4. The van der Waals surface area contributed by atoms with Crippen molar-refractivity contribution in [3.63, 3.8) is 0 Å². The molecule has 2 aromatic heterocycles. The zero-order valence-corrected chi connectivity index (χ0v) is 17.7. The summed E-state index contributed by atoms with van der Waals surface area (Å²) in [7, 11) is 1.76. The van der Waals surface area contributed by atoms with Crippen molar-refractivity contribution >= 4 is 11.6 Å². The van der Waals surface area contributed by atoms with E-state index >= 15 is 0 Å². The topological polar surface area (TPSA) is 65.3 Å². The summed E-state index contributed by atoms with van der Waals surface area (Å²) in [5.41, 5.74) is 2.31. The summed E-state index contributed by atoms with van der Waals surface area (Å²) in [4.78, 5) is 19.0. The fraction of sp³-hybridized carbons (Fsp3) is 0.200. The van der Waals surface area contributed by atoms with Crippen LogP contribution in [-0.4, -0.2) is 46.5 Å². The van der Waals surface area contributed by atoms with Gasteiger partial charge in [0.2, 0.25) is 0 Å². The van der Waals surface area contributed by atoms with Crippen molar-refractivity contribution in [3.05, 3.63) is 90.4 Å². The van der Waals surface area contributed by atoms with Gasteiger partial charge in [0.15, 0.2) is 17.6 Å². The van der Waals surface area contributed by atoms with Crippen molar-refractivity contribution in [2.24, 2.45) is 0 Å². The van der Waals surface area contributed by atoms with Gasteiger partial charge in [-0.15, -0.1) is 0 Å². The van der Waals surface area contributed by atoms with Gasteiger partial charge in [-0.3, -0.25) is 4.79 Å². The second kappa shape index (κ2) is 8.63. The van der Waals surface area contributed by atoms with Crippen molar-refractivity contribution in [1.82, 2.24) is 14.3 Å². The van der Waals surface area contributed by atoms with E-state index in [9.17, 15) is 4.79 Å². The van der Waals surface area contributed by atoms with Crippen molar-refractivity contribution < 1.29 is 19.0 Å². The van der Waals surface area contributed by atoms with Gasteiger partial charge >= 0.3 is 0 Å². The van der Waals surface area contributed by atoms with Crippen molar-refractivity contribution in [1.29, 1.82) is 0 Å². The first kappa shape index (κ1) is 19.9. The highest BCUT2D eigenvalue weighted by molar-refractivity contribution is 5.94. The van der Waals surface area contributed by atoms with E-state index < -0.39 is 0 Å². The monoisotopic (exact) mass is 429 g/mol. The number of carbonyl (C=O) groups is 1. The Morgan fingerprint density at radius 3 is 2.69 bits per heavy atom. The molecule has 0 saturated carbocycles. The molecule has 1 amide bonds. The number of fused-ring (bicyclic) bond motifs is 2. The van der Waals surface area contributed by atoms with Crippen LogP contribution in [-0.2, 0) is 6.61 Å². The fourth-order valence-corrected chi connectivity index (χ4v) is 3.67. The number of hydrogen-bond donors (Lipinski definition) is 0. The summed E-state index contributed by atoms with van der Waals surface area (Å²) in [6, 6.07) is 20.5. The number of carbonyl (C=O) groups excluding carboxylic acids is 1. The van der Waals surface area contributed by atoms with E-state index in [0.29, 0.717) is 36.8 Å². The predicted octanol–water partition coefficient (Wildman–Crippen LogP) is 3.83. The summed E-state index contributed by atoms with van der Waals surface area (Å²) in [5, 5.41) is 0. The van der Waals surface area contributed by atoms with Crippen LogP contribution in [0.1, 0.15) is 16.1 Å². The van der Waals surface area contributed by atoms with Crippen molar-refractivity contribution in [2.45, 2.75) is 12.7 Å². The van der Waals surface area contributed by atoms with Crippen LogP contribution < -0.4 is 14.2 Å². The lowest BCUT2D eigenvalue weighted by atomic mass is 10.2. The van der Waals surface area contributed by atoms with E-state index in [1.807, 2.05) is 59.3 Å². The van der Waals surface area contributed by atoms with Gasteiger partial charge in [0.1, 0.15) is 24.6 Å².